The fraction of sp³-hybridized carbons (Fsp3) is 0.300. The third-order valence-corrected chi connectivity index (χ3v) is 3.65. The van der Waals surface area contributed by atoms with E-state index in [1.54, 1.807) is 26.1 Å². The van der Waals surface area contributed by atoms with Crippen LogP contribution in [-0.2, 0) is 18.0 Å². The molecular weight excluding hydrogens is 303 g/mol. The molecule has 0 radical (unpaired) electrons. The first-order chi connectivity index (χ1) is 8.71. The molecule has 2 aromatic rings. The lowest BCUT2D eigenvalue weighted by Crippen LogP contribution is -2.23. The number of anilines is 1. The normalized spacial score (nSPS) is 13.8. The van der Waals surface area contributed by atoms with Crippen molar-refractivity contribution in [3.63, 3.8) is 0 Å². The fourth-order valence-electron chi connectivity index (χ4n) is 1.78. The highest BCUT2D eigenvalue weighted by atomic mass is 35.5. The molecule has 19 heavy (non-hydrogen) atoms. The fourth-order valence-corrected chi connectivity index (χ4v) is 2.46. The Labute approximate surface area is 114 Å². The molecule has 1 unspecified atom stereocenters. The summed E-state index contributed by atoms with van der Waals surface area (Å²) < 4.78 is 51.2. The number of aryl methyl sites for hydroxylation is 2. The maximum atomic E-state index is 12.3. The van der Waals surface area contributed by atoms with Crippen LogP contribution in [0, 0.1) is 6.92 Å². The average molecular weight is 312 g/mol. The number of halogens is 4. The molecule has 0 aliphatic carbocycles. The molecule has 0 fully saturated rings. The Balaban J connectivity index is 2.57. The van der Waals surface area contributed by atoms with Gasteiger partial charge in [0.15, 0.2) is 5.82 Å². The minimum atomic E-state index is -4.86. The number of nitrogens with one attached hydrogen (secondary N) is 1. The van der Waals surface area contributed by atoms with Gasteiger partial charge in [-0.1, -0.05) is 17.7 Å². The van der Waals surface area contributed by atoms with E-state index in [1.807, 2.05) is 4.72 Å². The molecule has 1 atom stereocenters. The first-order valence-corrected chi connectivity index (χ1v) is 6.61. The van der Waals surface area contributed by atoms with Crippen LogP contribution in [-0.4, -0.2) is 19.5 Å². The smallest absolute Gasteiger partial charge is 0.280 e. The number of alkyl halides is 3. The van der Waals surface area contributed by atoms with Crippen molar-refractivity contribution in [2.24, 2.45) is 7.05 Å². The van der Waals surface area contributed by atoms with E-state index < -0.39 is 16.5 Å². The van der Waals surface area contributed by atoms with Gasteiger partial charge in [0.25, 0.3) is 0 Å². The van der Waals surface area contributed by atoms with E-state index in [4.69, 9.17) is 11.6 Å². The first kappa shape index (κ1) is 14.1. The summed E-state index contributed by atoms with van der Waals surface area (Å²) in [6, 6.07) is 3.29. The van der Waals surface area contributed by atoms with Crippen molar-refractivity contribution in [1.82, 2.24) is 9.78 Å². The van der Waals surface area contributed by atoms with Crippen LogP contribution in [0.5, 0.6) is 0 Å². The van der Waals surface area contributed by atoms with Gasteiger partial charge in [-0.25, -0.2) is 4.21 Å². The Hall–Kier alpha value is -1.28. The number of aromatic nitrogens is 2. The predicted octanol–water partition coefficient (Wildman–Crippen LogP) is 3.13. The lowest BCUT2D eigenvalue weighted by molar-refractivity contribution is -0.0379. The van der Waals surface area contributed by atoms with Gasteiger partial charge in [0, 0.05) is 7.05 Å². The number of fused-ring (bicyclic) bond motifs is 1. The third-order valence-electron chi connectivity index (χ3n) is 2.54. The molecule has 0 amide bonds. The van der Waals surface area contributed by atoms with Crippen molar-refractivity contribution in [3.05, 3.63) is 22.7 Å². The molecule has 0 saturated heterocycles. The predicted molar refractivity (Wildman–Crippen MR) is 68.3 cm³/mol. The van der Waals surface area contributed by atoms with Crippen molar-refractivity contribution >= 4 is 39.3 Å². The van der Waals surface area contributed by atoms with Gasteiger partial charge in [-0.2, -0.15) is 18.3 Å². The highest BCUT2D eigenvalue weighted by molar-refractivity contribution is 7.87. The summed E-state index contributed by atoms with van der Waals surface area (Å²) in [5, 5.41) is 4.46. The number of hydrogen-bond donors (Lipinski definition) is 1. The topological polar surface area (TPSA) is 46.9 Å². The van der Waals surface area contributed by atoms with Gasteiger partial charge in [0.05, 0.1) is 15.9 Å². The van der Waals surface area contributed by atoms with E-state index in [2.05, 4.69) is 5.10 Å². The molecule has 0 saturated carbocycles. The zero-order valence-corrected chi connectivity index (χ0v) is 11.4. The quantitative estimate of drug-likeness (QED) is 0.926. The summed E-state index contributed by atoms with van der Waals surface area (Å²) in [6.45, 7) is 1.78. The molecule has 0 aliphatic heterocycles. The van der Waals surface area contributed by atoms with Crippen LogP contribution in [0.15, 0.2) is 12.1 Å². The summed E-state index contributed by atoms with van der Waals surface area (Å²) in [6.07, 6.45) is 0. The maximum Gasteiger partial charge on any atom is 0.490 e. The molecular formula is C10H9ClF3N3OS. The van der Waals surface area contributed by atoms with E-state index in [0.29, 0.717) is 10.9 Å². The van der Waals surface area contributed by atoms with Crippen LogP contribution in [0.2, 0.25) is 5.02 Å². The van der Waals surface area contributed by atoms with Gasteiger partial charge in [-0.3, -0.25) is 9.40 Å². The summed E-state index contributed by atoms with van der Waals surface area (Å²) >= 11 is 5.97. The molecule has 0 bridgehead atoms. The zero-order valence-electron chi connectivity index (χ0n) is 9.88. The lowest BCUT2D eigenvalue weighted by Gasteiger charge is -2.07. The molecule has 1 N–H and O–H groups in total. The molecule has 0 aliphatic rings. The SMILES string of the molecule is Cc1ccc(Cl)c2c(NS(=O)C(F)(F)F)nn(C)c12. The standard InChI is InChI=1S/C10H9ClF3N3OS/c1-5-3-4-6(11)7-8(5)17(2)15-9(7)16-19(18)10(12,13)14/h3-4H,1-2H3,(H,15,16). The minimum Gasteiger partial charge on any atom is -0.280 e. The molecule has 1 aromatic carbocycles. The average Bonchev–Trinajstić information content (AvgIpc) is 2.61. The molecule has 9 heteroatoms. The first-order valence-electron chi connectivity index (χ1n) is 5.09. The van der Waals surface area contributed by atoms with Crippen molar-refractivity contribution in [3.8, 4) is 0 Å². The molecule has 1 heterocycles. The van der Waals surface area contributed by atoms with Gasteiger partial charge in [0.2, 0.25) is 11.0 Å². The molecule has 1 aromatic heterocycles. The van der Waals surface area contributed by atoms with Crippen molar-refractivity contribution in [2.45, 2.75) is 12.4 Å². The third kappa shape index (κ3) is 2.55. The maximum absolute atomic E-state index is 12.3. The van der Waals surface area contributed by atoms with Crippen molar-refractivity contribution < 1.29 is 17.4 Å². The molecule has 2 rings (SSSR count). The van der Waals surface area contributed by atoms with Gasteiger partial charge in [0.1, 0.15) is 0 Å². The second-order valence-corrected chi connectivity index (χ2v) is 5.49. The Morgan fingerprint density at radius 3 is 2.63 bits per heavy atom. The van der Waals surface area contributed by atoms with E-state index >= 15 is 0 Å². The summed E-state index contributed by atoms with van der Waals surface area (Å²) in [7, 11) is -1.65. The second-order valence-electron chi connectivity index (χ2n) is 3.88. The van der Waals surface area contributed by atoms with Gasteiger partial charge in [-0.05, 0) is 18.6 Å². The highest BCUT2D eigenvalue weighted by Crippen LogP contribution is 2.33. The van der Waals surface area contributed by atoms with E-state index in [-0.39, 0.29) is 10.8 Å². The number of nitrogens with zero attached hydrogens (tertiary/aromatic N) is 2. The van der Waals surface area contributed by atoms with E-state index in [9.17, 15) is 17.4 Å². The van der Waals surface area contributed by atoms with Crippen molar-refractivity contribution in [1.29, 1.82) is 0 Å². The summed E-state index contributed by atoms with van der Waals surface area (Å²) in [5.41, 5.74) is -3.46. The highest BCUT2D eigenvalue weighted by Gasteiger charge is 2.38. The van der Waals surface area contributed by atoms with Crippen LogP contribution in [0.25, 0.3) is 10.9 Å². The monoisotopic (exact) mass is 311 g/mol. The van der Waals surface area contributed by atoms with E-state index in [1.165, 1.54) is 4.68 Å². The molecule has 4 nitrogen and oxygen atoms in total. The van der Waals surface area contributed by atoms with E-state index in [0.717, 1.165) is 5.56 Å². The van der Waals surface area contributed by atoms with Crippen LogP contribution in [0.4, 0.5) is 19.0 Å². The minimum absolute atomic E-state index is 0.151. The van der Waals surface area contributed by atoms with Crippen LogP contribution < -0.4 is 4.72 Å². The Morgan fingerprint density at radius 1 is 1.42 bits per heavy atom. The number of hydrogen-bond acceptors (Lipinski definition) is 2. The van der Waals surface area contributed by atoms with Crippen LogP contribution in [0.1, 0.15) is 5.56 Å². The molecule has 104 valence electrons. The number of rotatable bonds is 2. The lowest BCUT2D eigenvalue weighted by atomic mass is 10.1. The van der Waals surface area contributed by atoms with Gasteiger partial charge < -0.3 is 0 Å². The zero-order chi connectivity index (χ0) is 14.4. The summed E-state index contributed by atoms with van der Waals surface area (Å²) in [4.78, 5) is 0. The van der Waals surface area contributed by atoms with Gasteiger partial charge in [-0.15, -0.1) is 0 Å². The second kappa shape index (κ2) is 4.68. The Morgan fingerprint density at radius 2 is 2.05 bits per heavy atom. The summed E-state index contributed by atoms with van der Waals surface area (Å²) in [5.74, 6) is -0.151. The molecule has 0 spiro atoms. The van der Waals surface area contributed by atoms with Crippen molar-refractivity contribution in [2.75, 3.05) is 4.72 Å². The number of benzene rings is 1. The van der Waals surface area contributed by atoms with Crippen LogP contribution in [0.3, 0.4) is 0 Å². The Kier molecular flexibility index (Phi) is 3.48. The van der Waals surface area contributed by atoms with Gasteiger partial charge >= 0.3 is 5.51 Å². The Bertz CT molecular complexity index is 668. The van der Waals surface area contributed by atoms with Crippen LogP contribution >= 0.6 is 11.6 Å². The largest absolute Gasteiger partial charge is 0.490 e.